The third kappa shape index (κ3) is 5.17. The lowest BCUT2D eigenvalue weighted by Crippen LogP contribution is -2.42. The molecule has 1 saturated heterocycles. The summed E-state index contributed by atoms with van der Waals surface area (Å²) in [6, 6.07) is 0. The van der Waals surface area contributed by atoms with E-state index in [0.717, 1.165) is 32.4 Å². The molecule has 0 aromatic carbocycles. The Kier molecular flexibility index (Phi) is 5.97. The number of aliphatic carboxylic acids is 1. The zero-order valence-electron chi connectivity index (χ0n) is 10.4. The summed E-state index contributed by atoms with van der Waals surface area (Å²) in [5.41, 5.74) is 0. The highest BCUT2D eigenvalue weighted by Gasteiger charge is 2.21. The molecule has 0 aliphatic carbocycles. The van der Waals surface area contributed by atoms with Gasteiger partial charge in [-0.1, -0.05) is 13.3 Å². The van der Waals surface area contributed by atoms with Crippen LogP contribution >= 0.6 is 0 Å². The number of hydrogen-bond acceptors (Lipinski definition) is 3. The molecule has 17 heavy (non-hydrogen) atoms. The monoisotopic (exact) mass is 242 g/mol. The van der Waals surface area contributed by atoms with E-state index in [9.17, 15) is 9.59 Å². The second kappa shape index (κ2) is 7.27. The van der Waals surface area contributed by atoms with Crippen molar-refractivity contribution < 1.29 is 14.7 Å². The third-order valence-electron chi connectivity index (χ3n) is 3.27. The molecule has 1 amide bonds. The number of piperidine rings is 1. The standard InChI is InChI=1S/C12H22N2O3/c1-2-9(6-11(15)16)7-14-12(17)10-4-3-5-13-8-10/h9-10,13H,2-8H2,1H3,(H,14,17)(H,15,16)/t9?,10-/m0/s1. The Morgan fingerprint density at radius 2 is 2.29 bits per heavy atom. The molecule has 1 fully saturated rings. The van der Waals surface area contributed by atoms with Crippen molar-refractivity contribution in [2.24, 2.45) is 11.8 Å². The van der Waals surface area contributed by atoms with Crippen molar-refractivity contribution in [2.75, 3.05) is 19.6 Å². The van der Waals surface area contributed by atoms with Gasteiger partial charge in [-0.15, -0.1) is 0 Å². The summed E-state index contributed by atoms with van der Waals surface area (Å²) in [7, 11) is 0. The van der Waals surface area contributed by atoms with E-state index < -0.39 is 5.97 Å². The molecule has 1 unspecified atom stereocenters. The zero-order chi connectivity index (χ0) is 12.7. The Hall–Kier alpha value is -1.10. The molecule has 5 nitrogen and oxygen atoms in total. The van der Waals surface area contributed by atoms with Crippen LogP contribution in [-0.2, 0) is 9.59 Å². The van der Waals surface area contributed by atoms with Crippen LogP contribution in [-0.4, -0.2) is 36.6 Å². The summed E-state index contributed by atoms with van der Waals surface area (Å²) in [5.74, 6) is -0.662. The van der Waals surface area contributed by atoms with Crippen LogP contribution in [0, 0.1) is 11.8 Å². The van der Waals surface area contributed by atoms with E-state index in [1.165, 1.54) is 0 Å². The highest BCUT2D eigenvalue weighted by Crippen LogP contribution is 2.11. The van der Waals surface area contributed by atoms with Gasteiger partial charge in [-0.2, -0.15) is 0 Å². The lowest BCUT2D eigenvalue weighted by molar-refractivity contribution is -0.138. The predicted octanol–water partition coefficient (Wildman–Crippen LogP) is 0.603. The molecule has 5 heteroatoms. The summed E-state index contributed by atoms with van der Waals surface area (Å²) < 4.78 is 0. The number of carboxylic acids is 1. The average Bonchev–Trinajstić information content (AvgIpc) is 2.34. The fourth-order valence-corrected chi connectivity index (χ4v) is 2.07. The van der Waals surface area contributed by atoms with Crippen LogP contribution in [0.4, 0.5) is 0 Å². The number of carboxylic acid groups (broad SMARTS) is 1. The van der Waals surface area contributed by atoms with Gasteiger partial charge in [-0.25, -0.2) is 0 Å². The summed E-state index contributed by atoms with van der Waals surface area (Å²) in [5, 5.41) is 14.8. The summed E-state index contributed by atoms with van der Waals surface area (Å²) in [6.07, 6.45) is 2.86. The SMILES string of the molecule is CCC(CNC(=O)[C@H]1CCCNC1)CC(=O)O. The predicted molar refractivity (Wildman–Crippen MR) is 64.6 cm³/mol. The summed E-state index contributed by atoms with van der Waals surface area (Å²) >= 11 is 0. The Balaban J connectivity index is 2.27. The molecule has 0 aromatic heterocycles. The highest BCUT2D eigenvalue weighted by atomic mass is 16.4. The van der Waals surface area contributed by atoms with Crippen molar-refractivity contribution in [3.05, 3.63) is 0 Å². The number of nitrogens with one attached hydrogen (secondary N) is 2. The van der Waals surface area contributed by atoms with Crippen LogP contribution in [0.5, 0.6) is 0 Å². The van der Waals surface area contributed by atoms with Gasteiger partial charge in [0.25, 0.3) is 0 Å². The van der Waals surface area contributed by atoms with Gasteiger partial charge in [0.2, 0.25) is 5.91 Å². The number of rotatable bonds is 6. The number of amides is 1. The Morgan fingerprint density at radius 1 is 1.53 bits per heavy atom. The fourth-order valence-electron chi connectivity index (χ4n) is 2.07. The number of carbonyl (C=O) groups is 2. The van der Waals surface area contributed by atoms with Crippen molar-refractivity contribution >= 4 is 11.9 Å². The molecular weight excluding hydrogens is 220 g/mol. The van der Waals surface area contributed by atoms with Gasteiger partial charge in [0.15, 0.2) is 0 Å². The maximum absolute atomic E-state index is 11.8. The van der Waals surface area contributed by atoms with E-state index in [1.54, 1.807) is 0 Å². The highest BCUT2D eigenvalue weighted by molar-refractivity contribution is 5.79. The molecule has 98 valence electrons. The molecule has 0 saturated carbocycles. The Labute approximate surface area is 102 Å². The molecule has 0 bridgehead atoms. The van der Waals surface area contributed by atoms with Crippen LogP contribution in [0.15, 0.2) is 0 Å². The fraction of sp³-hybridized carbons (Fsp3) is 0.833. The lowest BCUT2D eigenvalue weighted by atomic mass is 9.97. The molecule has 3 N–H and O–H groups in total. The van der Waals surface area contributed by atoms with E-state index in [0.29, 0.717) is 6.54 Å². The van der Waals surface area contributed by atoms with Gasteiger partial charge in [0, 0.05) is 19.5 Å². The molecule has 1 aliphatic rings. The van der Waals surface area contributed by atoms with Gasteiger partial charge in [-0.3, -0.25) is 9.59 Å². The van der Waals surface area contributed by atoms with Crippen molar-refractivity contribution in [3.63, 3.8) is 0 Å². The second-order valence-corrected chi connectivity index (χ2v) is 4.66. The van der Waals surface area contributed by atoms with E-state index >= 15 is 0 Å². The topological polar surface area (TPSA) is 78.4 Å². The second-order valence-electron chi connectivity index (χ2n) is 4.66. The van der Waals surface area contributed by atoms with Gasteiger partial charge >= 0.3 is 5.97 Å². The van der Waals surface area contributed by atoms with Crippen molar-refractivity contribution in [3.8, 4) is 0 Å². The Bertz CT molecular complexity index is 262. The molecule has 0 radical (unpaired) electrons. The van der Waals surface area contributed by atoms with E-state index in [-0.39, 0.29) is 24.2 Å². The maximum Gasteiger partial charge on any atom is 0.303 e. The van der Waals surface area contributed by atoms with Crippen molar-refractivity contribution in [2.45, 2.75) is 32.6 Å². The van der Waals surface area contributed by atoms with Crippen LogP contribution in [0.1, 0.15) is 32.6 Å². The van der Waals surface area contributed by atoms with Gasteiger partial charge in [0.05, 0.1) is 5.92 Å². The largest absolute Gasteiger partial charge is 0.481 e. The van der Waals surface area contributed by atoms with Crippen LogP contribution in [0.3, 0.4) is 0 Å². The first-order chi connectivity index (χ1) is 8.13. The molecule has 0 aromatic rings. The van der Waals surface area contributed by atoms with E-state index in [2.05, 4.69) is 10.6 Å². The first-order valence-electron chi connectivity index (χ1n) is 6.33. The van der Waals surface area contributed by atoms with E-state index in [1.807, 2.05) is 6.92 Å². The minimum Gasteiger partial charge on any atom is -0.481 e. The first kappa shape index (κ1) is 14.0. The van der Waals surface area contributed by atoms with Crippen LogP contribution in [0.25, 0.3) is 0 Å². The zero-order valence-corrected chi connectivity index (χ0v) is 10.4. The molecule has 0 spiro atoms. The number of carbonyl (C=O) groups excluding carboxylic acids is 1. The van der Waals surface area contributed by atoms with Crippen LogP contribution in [0.2, 0.25) is 0 Å². The maximum atomic E-state index is 11.8. The lowest BCUT2D eigenvalue weighted by Gasteiger charge is -2.23. The molecule has 1 heterocycles. The van der Waals surface area contributed by atoms with Gasteiger partial charge < -0.3 is 15.7 Å². The quantitative estimate of drug-likeness (QED) is 0.637. The van der Waals surface area contributed by atoms with Crippen molar-refractivity contribution in [1.29, 1.82) is 0 Å². The third-order valence-corrected chi connectivity index (χ3v) is 3.27. The normalized spacial score (nSPS) is 21.8. The molecule has 1 rings (SSSR count). The summed E-state index contributed by atoms with van der Waals surface area (Å²) in [4.78, 5) is 22.4. The van der Waals surface area contributed by atoms with Crippen molar-refractivity contribution in [1.82, 2.24) is 10.6 Å². The molecule has 1 aliphatic heterocycles. The van der Waals surface area contributed by atoms with E-state index in [4.69, 9.17) is 5.11 Å². The Morgan fingerprint density at radius 3 is 2.82 bits per heavy atom. The average molecular weight is 242 g/mol. The first-order valence-corrected chi connectivity index (χ1v) is 6.33. The minimum absolute atomic E-state index is 0.0352. The minimum atomic E-state index is -0.801. The molecular formula is C12H22N2O3. The van der Waals surface area contributed by atoms with Gasteiger partial charge in [-0.05, 0) is 25.3 Å². The molecule has 2 atom stereocenters. The number of hydrogen-bond donors (Lipinski definition) is 3. The van der Waals surface area contributed by atoms with Gasteiger partial charge in [0.1, 0.15) is 0 Å². The smallest absolute Gasteiger partial charge is 0.303 e. The van der Waals surface area contributed by atoms with Crippen LogP contribution < -0.4 is 10.6 Å². The summed E-state index contributed by atoms with van der Waals surface area (Å²) in [6.45, 7) is 4.14.